The fourth-order valence-corrected chi connectivity index (χ4v) is 3.82. The Bertz CT molecular complexity index is 356. The minimum atomic E-state index is -0.345. The number of rotatable bonds is 7. The molecule has 0 atom stereocenters. The lowest BCUT2D eigenvalue weighted by Crippen LogP contribution is -2.25. The van der Waals surface area contributed by atoms with Crippen LogP contribution < -0.4 is 4.74 Å². The fraction of sp³-hybridized carbons (Fsp3) is 0.500. The highest BCUT2D eigenvalue weighted by Crippen LogP contribution is 2.36. The largest absolute Gasteiger partial charge is 0.486 e. The lowest BCUT2D eigenvalue weighted by atomic mass is 10.3. The molecule has 6 heteroatoms. The zero-order valence-electron chi connectivity index (χ0n) is 10.2. The number of ether oxygens (including phenoxy) is 3. The normalized spacial score (nSPS) is 11.0. The van der Waals surface area contributed by atoms with Gasteiger partial charge in [0.2, 0.25) is 0 Å². The van der Waals surface area contributed by atoms with Crippen molar-refractivity contribution in [3.8, 4) is 5.75 Å². The molecule has 0 saturated heterocycles. The van der Waals surface area contributed by atoms with E-state index >= 15 is 0 Å². The van der Waals surface area contributed by atoms with Crippen LogP contribution >= 0.6 is 47.8 Å². The number of hydrogen-bond acceptors (Lipinski definition) is 3. The first-order chi connectivity index (χ1) is 8.58. The molecule has 1 aromatic carbocycles. The lowest BCUT2D eigenvalue weighted by Gasteiger charge is -2.18. The van der Waals surface area contributed by atoms with Gasteiger partial charge in [0.25, 0.3) is 0 Å². The maximum Gasteiger partial charge on any atom is 0.191 e. The summed E-state index contributed by atoms with van der Waals surface area (Å²) in [6.07, 6.45) is -0.345. The van der Waals surface area contributed by atoms with Crippen molar-refractivity contribution in [1.82, 2.24) is 0 Å². The first kappa shape index (κ1) is 16.4. The molecule has 0 saturated carbocycles. The summed E-state index contributed by atoms with van der Waals surface area (Å²) in [6, 6.07) is 3.85. The van der Waals surface area contributed by atoms with E-state index in [0.717, 1.165) is 19.2 Å². The van der Waals surface area contributed by atoms with Gasteiger partial charge in [-0.15, -0.1) is 0 Å². The Morgan fingerprint density at radius 1 is 1.00 bits per heavy atom. The molecule has 0 bridgehead atoms. The van der Waals surface area contributed by atoms with Crippen molar-refractivity contribution >= 4 is 47.8 Å². The highest BCUT2D eigenvalue weighted by Gasteiger charge is 2.13. The second kappa shape index (κ2) is 8.53. The zero-order valence-corrected chi connectivity index (χ0v) is 15.0. The van der Waals surface area contributed by atoms with E-state index in [-0.39, 0.29) is 6.29 Å². The van der Waals surface area contributed by atoms with Crippen LogP contribution in [0.25, 0.3) is 0 Å². The Balaban J connectivity index is 2.66. The van der Waals surface area contributed by atoms with Crippen LogP contribution in [0.4, 0.5) is 0 Å². The Hall–Kier alpha value is 0.380. The summed E-state index contributed by atoms with van der Waals surface area (Å²) in [5.74, 6) is 0.739. The van der Waals surface area contributed by atoms with E-state index in [1.165, 1.54) is 0 Å². The summed E-state index contributed by atoms with van der Waals surface area (Å²) in [5, 5.41) is 0. The third-order valence-electron chi connectivity index (χ3n) is 2.03. The van der Waals surface area contributed by atoms with Gasteiger partial charge in [-0.2, -0.15) is 0 Å². The molecule has 102 valence electrons. The van der Waals surface area contributed by atoms with E-state index in [2.05, 4.69) is 47.8 Å². The van der Waals surface area contributed by atoms with Crippen molar-refractivity contribution in [2.24, 2.45) is 0 Å². The smallest absolute Gasteiger partial charge is 0.191 e. The molecule has 0 N–H and O–H groups in total. The predicted molar refractivity (Wildman–Crippen MR) is 82.1 cm³/mol. The molecule has 18 heavy (non-hydrogen) atoms. The molecule has 0 aromatic heterocycles. The van der Waals surface area contributed by atoms with Gasteiger partial charge < -0.3 is 14.2 Å². The molecule has 1 rings (SSSR count). The van der Waals surface area contributed by atoms with Crippen molar-refractivity contribution in [2.75, 3.05) is 19.8 Å². The Morgan fingerprint density at radius 3 is 1.94 bits per heavy atom. The molecular formula is C12H15Br3O3. The second-order valence-electron chi connectivity index (χ2n) is 3.35. The van der Waals surface area contributed by atoms with Gasteiger partial charge in [0.05, 0.1) is 8.95 Å². The number of benzene rings is 1. The molecule has 1 aromatic rings. The predicted octanol–water partition coefficient (Wildman–Crippen LogP) is 4.75. The van der Waals surface area contributed by atoms with Gasteiger partial charge in [0, 0.05) is 17.7 Å². The number of halogens is 3. The van der Waals surface area contributed by atoms with Gasteiger partial charge in [-0.25, -0.2) is 0 Å². The molecule has 0 spiro atoms. The van der Waals surface area contributed by atoms with Crippen LogP contribution in [0.15, 0.2) is 25.6 Å². The van der Waals surface area contributed by atoms with Crippen LogP contribution in [-0.2, 0) is 9.47 Å². The molecule has 3 nitrogen and oxygen atoms in total. The maximum absolute atomic E-state index is 5.73. The third-order valence-corrected chi connectivity index (χ3v) is 3.67. The van der Waals surface area contributed by atoms with Crippen LogP contribution in [0, 0.1) is 0 Å². The van der Waals surface area contributed by atoms with Crippen molar-refractivity contribution in [2.45, 2.75) is 20.1 Å². The van der Waals surface area contributed by atoms with Gasteiger partial charge in [0.15, 0.2) is 6.29 Å². The molecule has 0 unspecified atom stereocenters. The van der Waals surface area contributed by atoms with Gasteiger partial charge in [-0.3, -0.25) is 0 Å². The van der Waals surface area contributed by atoms with Crippen molar-refractivity contribution in [1.29, 1.82) is 0 Å². The molecule has 0 radical (unpaired) electrons. The van der Waals surface area contributed by atoms with Crippen LogP contribution in [0.3, 0.4) is 0 Å². The second-order valence-corrected chi connectivity index (χ2v) is 5.97. The summed E-state index contributed by atoms with van der Waals surface area (Å²) in [4.78, 5) is 0. The highest BCUT2D eigenvalue weighted by molar-refractivity contribution is 9.11. The molecule has 0 fully saturated rings. The van der Waals surface area contributed by atoms with E-state index in [4.69, 9.17) is 14.2 Å². The fourth-order valence-electron chi connectivity index (χ4n) is 1.33. The van der Waals surface area contributed by atoms with Crippen LogP contribution in [0.2, 0.25) is 0 Å². The highest BCUT2D eigenvalue weighted by atomic mass is 79.9. The Labute approximate surface area is 133 Å². The number of hydrogen-bond donors (Lipinski definition) is 0. The SMILES string of the molecule is CCOC(COc1c(Br)cc(Br)cc1Br)OCC. The van der Waals surface area contributed by atoms with Gasteiger partial charge >= 0.3 is 0 Å². The molecule has 0 aliphatic heterocycles. The standard InChI is InChI=1S/C12H15Br3O3/c1-3-16-11(17-4-2)7-18-12-9(14)5-8(13)6-10(12)15/h5-6,11H,3-4,7H2,1-2H3. The van der Waals surface area contributed by atoms with E-state index in [0.29, 0.717) is 19.8 Å². The third kappa shape index (κ3) is 5.17. The van der Waals surface area contributed by atoms with Crippen LogP contribution in [0.5, 0.6) is 5.75 Å². The topological polar surface area (TPSA) is 27.7 Å². The summed E-state index contributed by atoms with van der Waals surface area (Å²) < 4.78 is 19.3. The first-order valence-corrected chi connectivity index (χ1v) is 7.96. The van der Waals surface area contributed by atoms with E-state index < -0.39 is 0 Å². The average Bonchev–Trinajstić information content (AvgIpc) is 2.28. The quantitative estimate of drug-likeness (QED) is 0.565. The summed E-state index contributed by atoms with van der Waals surface area (Å²) in [7, 11) is 0. The van der Waals surface area contributed by atoms with Crippen molar-refractivity contribution in [3.05, 3.63) is 25.6 Å². The molecule has 0 aliphatic rings. The van der Waals surface area contributed by atoms with E-state index in [9.17, 15) is 0 Å². The minimum absolute atomic E-state index is 0.345. The van der Waals surface area contributed by atoms with E-state index in [1.807, 2.05) is 26.0 Å². The van der Waals surface area contributed by atoms with Crippen molar-refractivity contribution < 1.29 is 14.2 Å². The summed E-state index contributed by atoms with van der Waals surface area (Å²) in [6.45, 7) is 5.39. The van der Waals surface area contributed by atoms with Gasteiger partial charge in [0.1, 0.15) is 12.4 Å². The van der Waals surface area contributed by atoms with Gasteiger partial charge in [-0.05, 0) is 57.8 Å². The zero-order chi connectivity index (χ0) is 13.5. The summed E-state index contributed by atoms with van der Waals surface area (Å²) in [5.41, 5.74) is 0. The first-order valence-electron chi connectivity index (χ1n) is 5.59. The van der Waals surface area contributed by atoms with Gasteiger partial charge in [-0.1, -0.05) is 15.9 Å². The average molecular weight is 447 g/mol. The van der Waals surface area contributed by atoms with Crippen LogP contribution in [-0.4, -0.2) is 26.1 Å². The molecule has 0 aliphatic carbocycles. The van der Waals surface area contributed by atoms with Crippen molar-refractivity contribution in [3.63, 3.8) is 0 Å². The minimum Gasteiger partial charge on any atom is -0.486 e. The molecule has 0 heterocycles. The Kier molecular flexibility index (Phi) is 7.79. The lowest BCUT2D eigenvalue weighted by molar-refractivity contribution is -0.152. The maximum atomic E-state index is 5.73. The monoisotopic (exact) mass is 444 g/mol. The molecular weight excluding hydrogens is 432 g/mol. The van der Waals surface area contributed by atoms with Crippen LogP contribution in [0.1, 0.15) is 13.8 Å². The molecule has 0 amide bonds. The summed E-state index contributed by atoms with van der Waals surface area (Å²) >= 11 is 10.3. The van der Waals surface area contributed by atoms with E-state index in [1.54, 1.807) is 0 Å². The Morgan fingerprint density at radius 2 is 1.50 bits per heavy atom.